The van der Waals surface area contributed by atoms with Crippen LogP contribution in [-0.4, -0.2) is 16.2 Å². The summed E-state index contributed by atoms with van der Waals surface area (Å²) >= 11 is 5.10. The molecule has 2 atom stereocenters. The molecule has 5 heteroatoms. The Labute approximate surface area is 69.7 Å². The lowest BCUT2D eigenvalue weighted by Crippen LogP contribution is -2.29. The molecule has 0 aromatic rings. The van der Waals surface area contributed by atoms with Crippen molar-refractivity contribution in [3.05, 3.63) is 10.1 Å². The zero-order valence-electron chi connectivity index (χ0n) is 6.41. The van der Waals surface area contributed by atoms with E-state index >= 15 is 0 Å². The monoisotopic (exact) mass is 179 g/mol. The maximum Gasteiger partial charge on any atom is 0.231 e. The molecule has 0 spiro atoms. The molecule has 0 aromatic carbocycles. The van der Waals surface area contributed by atoms with Crippen LogP contribution in [0.1, 0.15) is 20.3 Å². The summed E-state index contributed by atoms with van der Waals surface area (Å²) in [6.45, 7) is 3.12. The number of hydrogen-bond donors (Lipinski definition) is 0. The Morgan fingerprint density at radius 3 is 2.27 bits per heavy atom. The molecule has 0 radical (unpaired) electrons. The second kappa shape index (κ2) is 4.28. The Hall–Kier alpha value is -0.640. The molecule has 0 heterocycles. The molecular formula is C6H10ClNO3. The predicted octanol–water partition coefficient (Wildman–Crippen LogP) is 1.44. The molecule has 2 unspecified atom stereocenters. The molecule has 0 aliphatic rings. The third-order valence-corrected chi connectivity index (χ3v) is 1.97. The van der Waals surface area contributed by atoms with Crippen LogP contribution in [0, 0.1) is 16.0 Å². The molecule has 0 aliphatic heterocycles. The summed E-state index contributed by atoms with van der Waals surface area (Å²) in [6.07, 6.45) is 0.326. The van der Waals surface area contributed by atoms with Gasteiger partial charge in [-0.3, -0.25) is 14.9 Å². The SMILES string of the molecule is CCC(C(C)C(=O)Cl)[N+](=O)[O-]. The molecule has 64 valence electrons. The van der Waals surface area contributed by atoms with E-state index in [4.69, 9.17) is 11.6 Å². The van der Waals surface area contributed by atoms with Crippen LogP contribution in [0.4, 0.5) is 0 Å². The van der Waals surface area contributed by atoms with Crippen LogP contribution in [0.15, 0.2) is 0 Å². The number of nitro groups is 1. The first-order valence-electron chi connectivity index (χ1n) is 3.33. The normalized spacial score (nSPS) is 15.5. The molecule has 0 saturated heterocycles. The van der Waals surface area contributed by atoms with Crippen molar-refractivity contribution in [3.63, 3.8) is 0 Å². The topological polar surface area (TPSA) is 60.2 Å². The fraction of sp³-hybridized carbons (Fsp3) is 0.833. The minimum absolute atomic E-state index is 0.326. The number of rotatable bonds is 4. The van der Waals surface area contributed by atoms with E-state index in [-0.39, 0.29) is 0 Å². The van der Waals surface area contributed by atoms with Crippen LogP contribution in [0.5, 0.6) is 0 Å². The first-order valence-corrected chi connectivity index (χ1v) is 3.71. The van der Waals surface area contributed by atoms with Crippen molar-refractivity contribution < 1.29 is 9.72 Å². The highest BCUT2D eigenvalue weighted by molar-refractivity contribution is 6.64. The van der Waals surface area contributed by atoms with Gasteiger partial charge in [0.2, 0.25) is 11.3 Å². The van der Waals surface area contributed by atoms with Gasteiger partial charge in [-0.25, -0.2) is 0 Å². The van der Waals surface area contributed by atoms with Gasteiger partial charge in [0, 0.05) is 11.3 Å². The summed E-state index contributed by atoms with van der Waals surface area (Å²) in [6, 6.07) is -0.847. The van der Waals surface area contributed by atoms with Crippen molar-refractivity contribution >= 4 is 16.8 Å². The molecule has 4 nitrogen and oxygen atoms in total. The molecule has 0 fully saturated rings. The molecular weight excluding hydrogens is 170 g/mol. The fourth-order valence-electron chi connectivity index (χ4n) is 0.836. The summed E-state index contributed by atoms with van der Waals surface area (Å²) in [5, 5.41) is 9.63. The first kappa shape index (κ1) is 10.4. The molecule has 0 saturated carbocycles. The summed E-state index contributed by atoms with van der Waals surface area (Å²) < 4.78 is 0. The van der Waals surface area contributed by atoms with E-state index in [1.807, 2.05) is 0 Å². The maximum absolute atomic E-state index is 10.5. The second-order valence-electron chi connectivity index (χ2n) is 2.35. The Morgan fingerprint density at radius 2 is 2.18 bits per heavy atom. The highest BCUT2D eigenvalue weighted by Gasteiger charge is 2.30. The molecule has 0 aromatic heterocycles. The Kier molecular flexibility index (Phi) is 4.03. The van der Waals surface area contributed by atoms with E-state index in [1.54, 1.807) is 6.92 Å². The highest BCUT2D eigenvalue weighted by atomic mass is 35.5. The van der Waals surface area contributed by atoms with Gasteiger partial charge in [0.25, 0.3) is 0 Å². The number of nitrogens with zero attached hydrogens (tertiary/aromatic N) is 1. The van der Waals surface area contributed by atoms with Gasteiger partial charge in [-0.2, -0.15) is 0 Å². The van der Waals surface area contributed by atoms with Gasteiger partial charge in [-0.05, 0) is 18.5 Å². The summed E-state index contributed by atoms with van der Waals surface area (Å²) in [4.78, 5) is 20.3. The van der Waals surface area contributed by atoms with Crippen molar-refractivity contribution in [1.82, 2.24) is 0 Å². The minimum Gasteiger partial charge on any atom is -0.281 e. The molecule has 0 aliphatic carbocycles. The van der Waals surface area contributed by atoms with Gasteiger partial charge in [-0.15, -0.1) is 0 Å². The number of carbonyl (C=O) groups excluding carboxylic acids is 1. The van der Waals surface area contributed by atoms with Crippen LogP contribution < -0.4 is 0 Å². The number of carbonyl (C=O) groups is 1. The molecule has 0 N–H and O–H groups in total. The standard InChI is InChI=1S/C6H10ClNO3/c1-3-5(8(10)11)4(2)6(7)9/h4-5H,3H2,1-2H3. The lowest BCUT2D eigenvalue weighted by molar-refractivity contribution is -0.528. The van der Waals surface area contributed by atoms with Crippen LogP contribution in [0.3, 0.4) is 0 Å². The van der Waals surface area contributed by atoms with Crippen LogP contribution in [-0.2, 0) is 4.79 Å². The van der Waals surface area contributed by atoms with Crippen molar-refractivity contribution in [2.24, 2.45) is 5.92 Å². The van der Waals surface area contributed by atoms with Gasteiger partial charge < -0.3 is 0 Å². The van der Waals surface area contributed by atoms with E-state index in [1.165, 1.54) is 6.92 Å². The minimum atomic E-state index is -0.847. The number of halogens is 1. The van der Waals surface area contributed by atoms with Gasteiger partial charge in [-0.1, -0.05) is 6.92 Å². The smallest absolute Gasteiger partial charge is 0.231 e. The van der Waals surface area contributed by atoms with Crippen LogP contribution >= 0.6 is 11.6 Å². The average molecular weight is 180 g/mol. The van der Waals surface area contributed by atoms with E-state index in [0.29, 0.717) is 6.42 Å². The lowest BCUT2D eigenvalue weighted by atomic mass is 10.0. The van der Waals surface area contributed by atoms with E-state index < -0.39 is 22.1 Å². The zero-order chi connectivity index (χ0) is 9.02. The fourth-order valence-corrected chi connectivity index (χ4v) is 0.982. The molecule has 11 heavy (non-hydrogen) atoms. The molecule has 0 bridgehead atoms. The third kappa shape index (κ3) is 2.84. The summed E-state index contributed by atoms with van der Waals surface area (Å²) in [7, 11) is 0. The van der Waals surface area contributed by atoms with E-state index in [0.717, 1.165) is 0 Å². The zero-order valence-corrected chi connectivity index (χ0v) is 7.17. The predicted molar refractivity (Wildman–Crippen MR) is 41.1 cm³/mol. The number of hydrogen-bond acceptors (Lipinski definition) is 3. The molecule has 0 rings (SSSR count). The Morgan fingerprint density at radius 1 is 1.73 bits per heavy atom. The van der Waals surface area contributed by atoms with E-state index in [2.05, 4.69) is 0 Å². The van der Waals surface area contributed by atoms with Gasteiger partial charge in [0.15, 0.2) is 0 Å². The maximum atomic E-state index is 10.5. The van der Waals surface area contributed by atoms with Crippen molar-refractivity contribution in [2.75, 3.05) is 0 Å². The van der Waals surface area contributed by atoms with Gasteiger partial charge in [0.1, 0.15) is 0 Å². The Balaban J connectivity index is 4.25. The van der Waals surface area contributed by atoms with Crippen LogP contribution in [0.25, 0.3) is 0 Å². The van der Waals surface area contributed by atoms with Crippen molar-refractivity contribution in [2.45, 2.75) is 26.3 Å². The summed E-state index contributed by atoms with van der Waals surface area (Å²) in [5.74, 6) is -0.698. The van der Waals surface area contributed by atoms with Crippen molar-refractivity contribution in [1.29, 1.82) is 0 Å². The average Bonchev–Trinajstić information content (AvgIpc) is 1.88. The third-order valence-electron chi connectivity index (χ3n) is 1.62. The second-order valence-corrected chi connectivity index (χ2v) is 2.73. The molecule has 0 amide bonds. The highest BCUT2D eigenvalue weighted by Crippen LogP contribution is 2.12. The lowest BCUT2D eigenvalue weighted by Gasteiger charge is -2.10. The van der Waals surface area contributed by atoms with Gasteiger partial charge >= 0.3 is 0 Å². The van der Waals surface area contributed by atoms with Crippen molar-refractivity contribution in [3.8, 4) is 0 Å². The van der Waals surface area contributed by atoms with Crippen LogP contribution in [0.2, 0.25) is 0 Å². The Bertz CT molecular complexity index is 171. The van der Waals surface area contributed by atoms with E-state index in [9.17, 15) is 14.9 Å². The van der Waals surface area contributed by atoms with Gasteiger partial charge in [0.05, 0.1) is 5.92 Å². The first-order chi connectivity index (χ1) is 5.00. The summed E-state index contributed by atoms with van der Waals surface area (Å²) in [5.41, 5.74) is 0. The quantitative estimate of drug-likeness (QED) is 0.373. The largest absolute Gasteiger partial charge is 0.281 e.